The number of rotatable bonds is 5. The molecule has 0 saturated heterocycles. The zero-order chi connectivity index (χ0) is 11.3. The van der Waals surface area contributed by atoms with Gasteiger partial charge in [-0.2, -0.15) is 0 Å². The summed E-state index contributed by atoms with van der Waals surface area (Å²) in [6, 6.07) is 7.70. The average Bonchev–Trinajstić information content (AvgIpc) is 2.20. The second-order valence-corrected chi connectivity index (χ2v) is 6.04. The molecule has 82 valence electrons. The van der Waals surface area contributed by atoms with E-state index in [0.29, 0.717) is 11.5 Å². The van der Waals surface area contributed by atoms with Crippen LogP contribution < -0.4 is 0 Å². The summed E-state index contributed by atoms with van der Waals surface area (Å²) in [6.45, 7) is 3.47. The highest BCUT2D eigenvalue weighted by Gasteiger charge is 1.99. The molecule has 4 heteroatoms. The Labute approximate surface area is 95.3 Å². The van der Waals surface area contributed by atoms with Crippen LogP contribution in [0.15, 0.2) is 36.3 Å². The third-order valence-corrected chi connectivity index (χ3v) is 3.62. The van der Waals surface area contributed by atoms with Crippen molar-refractivity contribution in [1.82, 2.24) is 0 Å². The summed E-state index contributed by atoms with van der Waals surface area (Å²) >= 11 is 0. The van der Waals surface area contributed by atoms with Crippen LogP contribution in [0.3, 0.4) is 0 Å². The maximum absolute atomic E-state index is 11.2. The molecule has 0 saturated carbocycles. The quantitative estimate of drug-likeness (QED) is 0.791. The fraction of sp³-hybridized carbons (Fsp3) is 0.273. The lowest BCUT2D eigenvalue weighted by Crippen LogP contribution is -1.94. The fourth-order valence-electron chi connectivity index (χ4n) is 1.19. The van der Waals surface area contributed by atoms with Gasteiger partial charge in [-0.1, -0.05) is 30.8 Å². The number of hydrogen-bond acceptors (Lipinski definition) is 2. The molecule has 0 bridgehead atoms. The molecular weight excluding hydrogens is 228 g/mol. The van der Waals surface area contributed by atoms with Crippen LogP contribution in [-0.4, -0.2) is 14.7 Å². The summed E-state index contributed by atoms with van der Waals surface area (Å²) in [7, 11) is -1.80. The van der Waals surface area contributed by atoms with Gasteiger partial charge in [0.25, 0.3) is 0 Å². The highest BCUT2D eigenvalue weighted by Crippen LogP contribution is 2.08. The van der Waals surface area contributed by atoms with Crippen molar-refractivity contribution >= 4 is 21.6 Å². The molecule has 0 heterocycles. The van der Waals surface area contributed by atoms with E-state index in [1.54, 1.807) is 6.26 Å². The van der Waals surface area contributed by atoms with Crippen LogP contribution in [0.2, 0.25) is 0 Å². The molecule has 2 nitrogen and oxygen atoms in total. The smallest absolute Gasteiger partial charge is 0.0526 e. The monoisotopic (exact) mass is 242 g/mol. The summed E-state index contributed by atoms with van der Waals surface area (Å²) < 4.78 is 22.2. The first-order chi connectivity index (χ1) is 7.11. The Morgan fingerprint density at radius 3 is 2.00 bits per heavy atom. The SMILES string of the molecule is C=CS(=O)Cc1ccc(CS(C)=O)cc1. The van der Waals surface area contributed by atoms with Crippen molar-refractivity contribution in [2.75, 3.05) is 6.26 Å². The summed E-state index contributed by atoms with van der Waals surface area (Å²) in [4.78, 5) is 0. The molecule has 0 N–H and O–H groups in total. The molecule has 0 amide bonds. The van der Waals surface area contributed by atoms with Gasteiger partial charge >= 0.3 is 0 Å². The van der Waals surface area contributed by atoms with Gasteiger partial charge < -0.3 is 0 Å². The van der Waals surface area contributed by atoms with E-state index < -0.39 is 21.6 Å². The predicted octanol–water partition coefficient (Wildman–Crippen LogP) is 1.96. The van der Waals surface area contributed by atoms with Crippen LogP contribution in [0.1, 0.15) is 11.1 Å². The third kappa shape index (κ3) is 4.53. The first-order valence-corrected chi connectivity index (χ1v) is 7.60. The lowest BCUT2D eigenvalue weighted by molar-refractivity contribution is 0.685. The summed E-state index contributed by atoms with van der Waals surface area (Å²) in [5.74, 6) is 1.07. The average molecular weight is 242 g/mol. The first-order valence-electron chi connectivity index (χ1n) is 4.49. The molecular formula is C11H14O2S2. The number of hydrogen-bond donors (Lipinski definition) is 0. The van der Waals surface area contributed by atoms with E-state index in [9.17, 15) is 8.42 Å². The highest BCUT2D eigenvalue weighted by molar-refractivity contribution is 7.87. The Hall–Kier alpha value is -0.740. The molecule has 0 aromatic heterocycles. The normalized spacial score (nSPS) is 14.5. The van der Waals surface area contributed by atoms with Gasteiger partial charge in [0.05, 0.1) is 5.75 Å². The zero-order valence-electron chi connectivity index (χ0n) is 8.64. The van der Waals surface area contributed by atoms with Crippen molar-refractivity contribution in [2.24, 2.45) is 0 Å². The van der Waals surface area contributed by atoms with Crippen LogP contribution >= 0.6 is 0 Å². The molecule has 0 fully saturated rings. The summed E-state index contributed by atoms with van der Waals surface area (Å²) in [6.07, 6.45) is 1.68. The molecule has 0 radical (unpaired) electrons. The topological polar surface area (TPSA) is 34.1 Å². The Morgan fingerprint density at radius 1 is 1.13 bits per heavy atom. The Balaban J connectivity index is 2.67. The van der Waals surface area contributed by atoms with Gasteiger partial charge in [0.2, 0.25) is 0 Å². The van der Waals surface area contributed by atoms with Crippen molar-refractivity contribution in [3.8, 4) is 0 Å². The van der Waals surface area contributed by atoms with E-state index in [-0.39, 0.29) is 0 Å². The second-order valence-electron chi connectivity index (χ2n) is 3.23. The van der Waals surface area contributed by atoms with Crippen LogP contribution in [0, 0.1) is 0 Å². The fourth-order valence-corrected chi connectivity index (χ4v) is 2.49. The predicted molar refractivity (Wildman–Crippen MR) is 66.3 cm³/mol. The van der Waals surface area contributed by atoms with Gasteiger partial charge in [-0.3, -0.25) is 8.42 Å². The maximum atomic E-state index is 11.2. The van der Waals surface area contributed by atoms with Crippen LogP contribution in [0.4, 0.5) is 0 Å². The lowest BCUT2D eigenvalue weighted by atomic mass is 10.2. The molecule has 2 unspecified atom stereocenters. The van der Waals surface area contributed by atoms with Crippen molar-refractivity contribution in [1.29, 1.82) is 0 Å². The van der Waals surface area contributed by atoms with E-state index in [1.165, 1.54) is 5.41 Å². The largest absolute Gasteiger partial charge is 0.260 e. The zero-order valence-corrected chi connectivity index (χ0v) is 10.3. The Bertz CT molecular complexity index is 382. The van der Waals surface area contributed by atoms with E-state index in [2.05, 4.69) is 6.58 Å². The van der Waals surface area contributed by atoms with Crippen molar-refractivity contribution in [3.05, 3.63) is 47.4 Å². The third-order valence-electron chi connectivity index (χ3n) is 1.89. The molecule has 0 spiro atoms. The van der Waals surface area contributed by atoms with Crippen molar-refractivity contribution in [3.63, 3.8) is 0 Å². The van der Waals surface area contributed by atoms with E-state index in [4.69, 9.17) is 0 Å². The minimum atomic E-state index is -0.991. The molecule has 0 aliphatic heterocycles. The van der Waals surface area contributed by atoms with Gasteiger partial charge in [0.15, 0.2) is 0 Å². The minimum absolute atomic E-state index is 0.499. The Morgan fingerprint density at radius 2 is 1.60 bits per heavy atom. The molecule has 0 aliphatic rings. The number of benzene rings is 1. The van der Waals surface area contributed by atoms with Gasteiger partial charge in [-0.25, -0.2) is 0 Å². The maximum Gasteiger partial charge on any atom is 0.0526 e. The van der Waals surface area contributed by atoms with Crippen LogP contribution in [0.5, 0.6) is 0 Å². The van der Waals surface area contributed by atoms with E-state index in [0.717, 1.165) is 11.1 Å². The van der Waals surface area contributed by atoms with Crippen LogP contribution in [-0.2, 0) is 33.1 Å². The van der Waals surface area contributed by atoms with Gasteiger partial charge in [-0.05, 0) is 16.5 Å². The van der Waals surface area contributed by atoms with Crippen molar-refractivity contribution in [2.45, 2.75) is 11.5 Å². The second kappa shape index (κ2) is 5.98. The standard InChI is InChI=1S/C11H14O2S2/c1-3-15(13)9-11-6-4-10(5-7-11)8-14(2)12/h3-7H,1,8-9H2,2H3. The van der Waals surface area contributed by atoms with Gasteiger partial charge in [-0.15, -0.1) is 0 Å². The highest BCUT2D eigenvalue weighted by atomic mass is 32.2. The summed E-state index contributed by atoms with van der Waals surface area (Å²) in [5, 5.41) is 1.44. The Kier molecular flexibility index (Phi) is 4.91. The lowest BCUT2D eigenvalue weighted by Gasteiger charge is -2.01. The van der Waals surface area contributed by atoms with Gasteiger partial charge in [0, 0.05) is 33.6 Å². The van der Waals surface area contributed by atoms with Crippen LogP contribution in [0.25, 0.3) is 0 Å². The van der Waals surface area contributed by atoms with Crippen molar-refractivity contribution < 1.29 is 8.42 Å². The van der Waals surface area contributed by atoms with E-state index in [1.807, 2.05) is 24.3 Å². The molecule has 2 atom stereocenters. The molecule has 15 heavy (non-hydrogen) atoms. The molecule has 1 aromatic rings. The molecule has 1 aromatic carbocycles. The minimum Gasteiger partial charge on any atom is -0.260 e. The summed E-state index contributed by atoms with van der Waals surface area (Å²) in [5.41, 5.74) is 2.06. The molecule has 0 aliphatic carbocycles. The molecule has 1 rings (SSSR count). The van der Waals surface area contributed by atoms with Gasteiger partial charge in [0.1, 0.15) is 0 Å². The van der Waals surface area contributed by atoms with E-state index >= 15 is 0 Å². The first kappa shape index (κ1) is 12.3.